The van der Waals surface area contributed by atoms with Gasteiger partial charge in [-0.1, -0.05) is 30.3 Å². The fraction of sp³-hybridized carbons (Fsp3) is 0.143. The predicted molar refractivity (Wildman–Crippen MR) is 72.6 cm³/mol. The lowest BCUT2D eigenvalue weighted by atomic mass is 10.1. The van der Waals surface area contributed by atoms with Crippen LogP contribution < -0.4 is 10.6 Å². The molecule has 2 rings (SSSR count). The van der Waals surface area contributed by atoms with Crippen LogP contribution in [-0.2, 0) is 0 Å². The predicted octanol–water partition coefficient (Wildman–Crippen LogP) is 2.08. The minimum atomic E-state index is -0.521. The molecule has 0 fully saturated rings. The van der Waals surface area contributed by atoms with Gasteiger partial charge in [-0.2, -0.15) is 0 Å². The van der Waals surface area contributed by atoms with Gasteiger partial charge in [0.25, 0.3) is 0 Å². The summed E-state index contributed by atoms with van der Waals surface area (Å²) in [7, 11) is 0. The van der Waals surface area contributed by atoms with Crippen molar-refractivity contribution in [2.24, 2.45) is 0 Å². The van der Waals surface area contributed by atoms with Crippen LogP contribution in [0.1, 0.15) is 11.6 Å². The van der Waals surface area contributed by atoms with Gasteiger partial charge in [0.05, 0.1) is 18.8 Å². The van der Waals surface area contributed by atoms with Gasteiger partial charge in [-0.3, -0.25) is 5.32 Å². The maximum absolute atomic E-state index is 12.7. The number of anilines is 1. The molecular weight excluding hydrogens is 261 g/mol. The standard InChI is InChI=1S/C14H14FN3O2/c15-11-6-7-13(16-8-11)18-14(20)17-12(9-19)10-4-2-1-3-5-10/h1-8,12,19H,9H2,(H2,16,17,18,20). The third-order valence-corrected chi connectivity index (χ3v) is 2.66. The first-order chi connectivity index (χ1) is 9.69. The van der Waals surface area contributed by atoms with E-state index >= 15 is 0 Å². The van der Waals surface area contributed by atoms with Crippen molar-refractivity contribution in [3.05, 3.63) is 60.0 Å². The van der Waals surface area contributed by atoms with Crippen LogP contribution in [0.5, 0.6) is 0 Å². The number of hydrogen-bond acceptors (Lipinski definition) is 3. The van der Waals surface area contributed by atoms with Crippen molar-refractivity contribution in [3.63, 3.8) is 0 Å². The molecule has 0 radical (unpaired) electrons. The molecule has 1 aromatic carbocycles. The second-order valence-corrected chi connectivity index (χ2v) is 4.11. The van der Waals surface area contributed by atoms with E-state index in [9.17, 15) is 14.3 Å². The van der Waals surface area contributed by atoms with Crippen molar-refractivity contribution in [3.8, 4) is 0 Å². The Kier molecular flexibility index (Phi) is 4.62. The van der Waals surface area contributed by atoms with E-state index in [0.717, 1.165) is 11.8 Å². The van der Waals surface area contributed by atoms with Crippen LogP contribution in [0.25, 0.3) is 0 Å². The Bertz CT molecular complexity index is 560. The molecule has 0 spiro atoms. The van der Waals surface area contributed by atoms with E-state index in [1.165, 1.54) is 12.1 Å². The Morgan fingerprint density at radius 1 is 1.25 bits per heavy atom. The van der Waals surface area contributed by atoms with E-state index < -0.39 is 17.9 Å². The highest BCUT2D eigenvalue weighted by Gasteiger charge is 2.13. The molecule has 2 aromatic rings. The number of hydrogen-bond donors (Lipinski definition) is 3. The molecule has 20 heavy (non-hydrogen) atoms. The SMILES string of the molecule is O=C(Nc1ccc(F)cn1)NC(CO)c1ccccc1. The number of aliphatic hydroxyl groups is 1. The van der Waals surface area contributed by atoms with Crippen molar-refractivity contribution in [1.29, 1.82) is 0 Å². The number of nitrogens with zero attached hydrogens (tertiary/aromatic N) is 1. The Balaban J connectivity index is 1.97. The lowest BCUT2D eigenvalue weighted by Gasteiger charge is -2.16. The van der Waals surface area contributed by atoms with Crippen molar-refractivity contribution < 1.29 is 14.3 Å². The van der Waals surface area contributed by atoms with Crippen LogP contribution >= 0.6 is 0 Å². The zero-order valence-corrected chi connectivity index (χ0v) is 10.6. The molecule has 0 bridgehead atoms. The van der Waals surface area contributed by atoms with Crippen LogP contribution in [0, 0.1) is 5.82 Å². The molecule has 0 aliphatic heterocycles. The maximum Gasteiger partial charge on any atom is 0.320 e. The number of amides is 2. The topological polar surface area (TPSA) is 74.2 Å². The van der Waals surface area contributed by atoms with Gasteiger partial charge < -0.3 is 10.4 Å². The Hall–Kier alpha value is -2.47. The third-order valence-electron chi connectivity index (χ3n) is 2.66. The van der Waals surface area contributed by atoms with E-state index in [0.29, 0.717) is 0 Å². The summed E-state index contributed by atoms with van der Waals surface area (Å²) in [5.41, 5.74) is 0.789. The van der Waals surface area contributed by atoms with E-state index in [1.807, 2.05) is 18.2 Å². The fourth-order valence-corrected chi connectivity index (χ4v) is 1.68. The van der Waals surface area contributed by atoms with Crippen LogP contribution in [0.15, 0.2) is 48.7 Å². The van der Waals surface area contributed by atoms with Gasteiger partial charge in [0, 0.05) is 0 Å². The summed E-state index contributed by atoms with van der Waals surface area (Å²) in [5.74, 6) is -0.248. The zero-order chi connectivity index (χ0) is 14.4. The van der Waals surface area contributed by atoms with Crippen LogP contribution in [0.3, 0.4) is 0 Å². The molecule has 3 N–H and O–H groups in total. The van der Waals surface area contributed by atoms with Gasteiger partial charge in [-0.25, -0.2) is 14.2 Å². The molecule has 1 atom stereocenters. The average Bonchev–Trinajstić information content (AvgIpc) is 2.48. The normalized spacial score (nSPS) is 11.7. The first-order valence-electron chi connectivity index (χ1n) is 6.04. The lowest BCUT2D eigenvalue weighted by molar-refractivity contribution is 0.225. The van der Waals surface area contributed by atoms with Crippen molar-refractivity contribution in [2.45, 2.75) is 6.04 Å². The van der Waals surface area contributed by atoms with Crippen molar-refractivity contribution in [1.82, 2.24) is 10.3 Å². The van der Waals surface area contributed by atoms with Gasteiger partial charge in [0.1, 0.15) is 11.6 Å². The van der Waals surface area contributed by atoms with E-state index in [2.05, 4.69) is 15.6 Å². The van der Waals surface area contributed by atoms with Crippen molar-refractivity contribution >= 4 is 11.8 Å². The molecule has 6 heteroatoms. The quantitative estimate of drug-likeness (QED) is 0.799. The van der Waals surface area contributed by atoms with Crippen LogP contribution in [0.2, 0.25) is 0 Å². The number of carbonyl (C=O) groups excluding carboxylic acids is 1. The van der Waals surface area contributed by atoms with E-state index in [1.54, 1.807) is 12.1 Å². The number of benzene rings is 1. The molecule has 1 unspecified atom stereocenters. The number of nitrogens with one attached hydrogen (secondary N) is 2. The molecule has 0 aliphatic rings. The highest BCUT2D eigenvalue weighted by atomic mass is 19.1. The zero-order valence-electron chi connectivity index (χ0n) is 10.6. The van der Waals surface area contributed by atoms with Gasteiger partial charge in [0.15, 0.2) is 0 Å². The average molecular weight is 275 g/mol. The highest BCUT2D eigenvalue weighted by molar-refractivity contribution is 5.88. The molecule has 1 heterocycles. The second kappa shape index (κ2) is 6.63. The Morgan fingerprint density at radius 2 is 2.00 bits per heavy atom. The molecule has 5 nitrogen and oxygen atoms in total. The van der Waals surface area contributed by atoms with Gasteiger partial charge in [0.2, 0.25) is 0 Å². The highest BCUT2D eigenvalue weighted by Crippen LogP contribution is 2.12. The summed E-state index contributed by atoms with van der Waals surface area (Å²) in [5, 5.41) is 14.4. The summed E-state index contributed by atoms with van der Waals surface area (Å²) >= 11 is 0. The number of rotatable bonds is 4. The molecule has 1 aromatic heterocycles. The molecule has 0 aliphatic carbocycles. The monoisotopic (exact) mass is 275 g/mol. The minimum Gasteiger partial charge on any atom is -0.394 e. The minimum absolute atomic E-state index is 0.228. The molecule has 104 valence electrons. The summed E-state index contributed by atoms with van der Waals surface area (Å²) in [4.78, 5) is 15.5. The lowest BCUT2D eigenvalue weighted by Crippen LogP contribution is -2.34. The summed E-state index contributed by atoms with van der Waals surface area (Å²) in [6, 6.07) is 10.6. The van der Waals surface area contributed by atoms with Crippen LogP contribution in [-0.4, -0.2) is 22.7 Å². The number of urea groups is 1. The summed E-state index contributed by atoms with van der Waals surface area (Å²) < 4.78 is 12.7. The molecule has 0 saturated heterocycles. The maximum atomic E-state index is 12.7. The largest absolute Gasteiger partial charge is 0.394 e. The fourth-order valence-electron chi connectivity index (χ4n) is 1.68. The van der Waals surface area contributed by atoms with Crippen LogP contribution in [0.4, 0.5) is 15.0 Å². The Labute approximate surface area is 115 Å². The molecular formula is C14H14FN3O2. The summed E-state index contributed by atoms with van der Waals surface area (Å²) in [6.07, 6.45) is 1.01. The van der Waals surface area contributed by atoms with Gasteiger partial charge >= 0.3 is 6.03 Å². The first kappa shape index (κ1) is 14.0. The number of pyridine rings is 1. The van der Waals surface area contributed by atoms with Gasteiger partial charge in [-0.05, 0) is 17.7 Å². The molecule has 0 saturated carbocycles. The number of aromatic nitrogens is 1. The summed E-state index contributed by atoms with van der Waals surface area (Å²) in [6.45, 7) is -0.228. The smallest absolute Gasteiger partial charge is 0.320 e. The third kappa shape index (κ3) is 3.76. The number of carbonyl (C=O) groups is 1. The number of halogens is 1. The van der Waals surface area contributed by atoms with E-state index in [-0.39, 0.29) is 12.4 Å². The van der Waals surface area contributed by atoms with Gasteiger partial charge in [-0.15, -0.1) is 0 Å². The molecule has 2 amide bonds. The van der Waals surface area contributed by atoms with E-state index in [4.69, 9.17) is 0 Å². The Morgan fingerprint density at radius 3 is 2.60 bits per heavy atom. The van der Waals surface area contributed by atoms with Crippen molar-refractivity contribution in [2.75, 3.05) is 11.9 Å². The second-order valence-electron chi connectivity index (χ2n) is 4.11. The number of aliphatic hydroxyl groups excluding tert-OH is 1. The first-order valence-corrected chi connectivity index (χ1v) is 6.04.